The molecular weight excluding hydrogens is 336 g/mol. The van der Waals surface area contributed by atoms with E-state index in [1.807, 2.05) is 20.8 Å². The minimum absolute atomic E-state index is 0.0682. The van der Waals surface area contributed by atoms with Crippen LogP contribution in [0.15, 0.2) is 34.2 Å². The van der Waals surface area contributed by atoms with E-state index in [1.54, 1.807) is 18.4 Å². The van der Waals surface area contributed by atoms with Crippen molar-refractivity contribution in [2.75, 3.05) is 6.26 Å². The van der Waals surface area contributed by atoms with Crippen molar-refractivity contribution in [2.24, 2.45) is 10.9 Å². The molecule has 1 atom stereocenters. The first kappa shape index (κ1) is 19.5. The molecule has 0 saturated heterocycles. The van der Waals surface area contributed by atoms with Gasteiger partial charge < -0.3 is 5.11 Å². The van der Waals surface area contributed by atoms with Gasteiger partial charge in [-0.05, 0) is 37.7 Å². The van der Waals surface area contributed by atoms with Crippen molar-refractivity contribution >= 4 is 32.9 Å². The number of sulfonamides is 1. The van der Waals surface area contributed by atoms with Crippen molar-refractivity contribution in [3.05, 3.63) is 29.8 Å². The number of amidine groups is 1. The molecule has 23 heavy (non-hydrogen) atoms. The maximum Gasteiger partial charge on any atom is 0.328 e. The Bertz CT molecular complexity index is 667. The summed E-state index contributed by atoms with van der Waals surface area (Å²) in [6.07, 6.45) is 1.98. The largest absolute Gasteiger partial charge is 0.480 e. The molecule has 1 rings (SSSR count). The van der Waals surface area contributed by atoms with Crippen LogP contribution in [0.25, 0.3) is 0 Å². The summed E-state index contributed by atoms with van der Waals surface area (Å²) in [4.78, 5) is 15.4. The lowest BCUT2D eigenvalue weighted by Crippen LogP contribution is -2.31. The predicted octanol–water partition coefficient (Wildman–Crippen LogP) is 2.49. The lowest BCUT2D eigenvalue weighted by molar-refractivity contribution is -0.138. The monoisotopic (exact) mass is 358 g/mol. The molecule has 1 aromatic carbocycles. The summed E-state index contributed by atoms with van der Waals surface area (Å²) in [5.41, 5.74) is 0.950. The first-order chi connectivity index (χ1) is 10.7. The highest BCUT2D eigenvalue weighted by atomic mass is 32.2. The number of thioether (sulfide) groups is 1. The van der Waals surface area contributed by atoms with Crippen LogP contribution in [0.4, 0.5) is 0 Å². The third-order valence-electron chi connectivity index (χ3n) is 3.00. The van der Waals surface area contributed by atoms with Gasteiger partial charge in [0.25, 0.3) is 10.0 Å². The summed E-state index contributed by atoms with van der Waals surface area (Å²) in [7, 11) is -3.78. The molecule has 0 radical (unpaired) electrons. The van der Waals surface area contributed by atoms with E-state index in [1.165, 1.54) is 12.1 Å². The zero-order valence-corrected chi connectivity index (χ0v) is 15.2. The van der Waals surface area contributed by atoms with Gasteiger partial charge >= 0.3 is 5.97 Å². The third-order valence-corrected chi connectivity index (χ3v) is 5.08. The zero-order chi connectivity index (χ0) is 17.6. The highest BCUT2D eigenvalue weighted by Crippen LogP contribution is 2.14. The van der Waals surface area contributed by atoms with Crippen molar-refractivity contribution in [1.29, 1.82) is 0 Å². The highest BCUT2D eigenvalue weighted by molar-refractivity contribution is 8.14. The Hall–Kier alpha value is -1.54. The number of carboxylic acids is 1. The highest BCUT2D eigenvalue weighted by Gasteiger charge is 2.21. The molecule has 0 fully saturated rings. The molecule has 0 aromatic heterocycles. The van der Waals surface area contributed by atoms with Crippen molar-refractivity contribution in [3.63, 3.8) is 0 Å². The Morgan fingerprint density at radius 3 is 2.30 bits per heavy atom. The average molecular weight is 358 g/mol. The number of aliphatic carboxylic acids is 1. The van der Waals surface area contributed by atoms with Crippen LogP contribution in [0, 0.1) is 12.8 Å². The molecule has 6 nitrogen and oxygen atoms in total. The van der Waals surface area contributed by atoms with Gasteiger partial charge in [-0.2, -0.15) is 0 Å². The summed E-state index contributed by atoms with van der Waals surface area (Å²) < 4.78 is 27.0. The fourth-order valence-corrected chi connectivity index (χ4v) is 3.60. The van der Waals surface area contributed by atoms with Gasteiger partial charge in [0.1, 0.15) is 0 Å². The summed E-state index contributed by atoms with van der Waals surface area (Å²) in [6.45, 7) is 5.64. The number of nitrogens with zero attached hydrogens (tertiary/aromatic N) is 1. The molecule has 0 heterocycles. The molecule has 8 heteroatoms. The number of benzene rings is 1. The average Bonchev–Trinajstić information content (AvgIpc) is 2.45. The molecule has 0 saturated carbocycles. The predicted molar refractivity (Wildman–Crippen MR) is 93.3 cm³/mol. The van der Waals surface area contributed by atoms with Gasteiger partial charge in [-0.1, -0.05) is 43.3 Å². The van der Waals surface area contributed by atoms with Crippen LogP contribution < -0.4 is 4.72 Å². The smallest absolute Gasteiger partial charge is 0.328 e. The zero-order valence-electron chi connectivity index (χ0n) is 13.6. The normalized spacial score (nSPS) is 13.9. The number of aliphatic imine (C=N–C) groups is 1. The van der Waals surface area contributed by atoms with E-state index in [0.29, 0.717) is 6.42 Å². The third kappa shape index (κ3) is 6.23. The van der Waals surface area contributed by atoms with E-state index in [-0.39, 0.29) is 16.0 Å². The number of hydrogen-bond donors (Lipinski definition) is 2. The standard InChI is InChI=1S/C15H22N2O4S2/c1-10(2)9-13(14(18)19)16-15(22-4)17-23(20,21)12-7-5-11(3)6-8-12/h5-8,10,13H,9H2,1-4H3,(H,16,17)(H,18,19)/t13-/m0/s1. The molecule has 0 aliphatic rings. The lowest BCUT2D eigenvalue weighted by atomic mass is 10.0. The summed E-state index contributed by atoms with van der Waals surface area (Å²) in [6, 6.07) is 5.42. The Morgan fingerprint density at radius 2 is 1.87 bits per heavy atom. The van der Waals surface area contributed by atoms with Gasteiger partial charge in [-0.15, -0.1) is 0 Å². The minimum Gasteiger partial charge on any atom is -0.480 e. The fourth-order valence-electron chi connectivity index (χ4n) is 1.81. The second-order valence-corrected chi connectivity index (χ2v) is 8.02. The van der Waals surface area contributed by atoms with Gasteiger partial charge in [-0.25, -0.2) is 18.2 Å². The second kappa shape index (κ2) is 8.35. The molecule has 0 unspecified atom stereocenters. The number of carboxylic acid groups (broad SMARTS) is 1. The maximum absolute atomic E-state index is 12.3. The fraction of sp³-hybridized carbons (Fsp3) is 0.467. The topological polar surface area (TPSA) is 95.8 Å². The van der Waals surface area contributed by atoms with Crippen LogP contribution in [0.3, 0.4) is 0 Å². The van der Waals surface area contributed by atoms with E-state index in [4.69, 9.17) is 0 Å². The van der Waals surface area contributed by atoms with Gasteiger partial charge in [0, 0.05) is 0 Å². The van der Waals surface area contributed by atoms with Gasteiger partial charge in [0.15, 0.2) is 11.2 Å². The first-order valence-corrected chi connectivity index (χ1v) is 9.80. The summed E-state index contributed by atoms with van der Waals surface area (Å²) >= 11 is 1.06. The molecule has 2 N–H and O–H groups in total. The molecule has 0 aliphatic heterocycles. The van der Waals surface area contributed by atoms with Crippen LogP contribution in [-0.4, -0.2) is 37.0 Å². The molecular formula is C15H22N2O4S2. The Kier molecular flexibility index (Phi) is 7.08. The number of nitrogens with one attached hydrogen (secondary N) is 1. The Morgan fingerprint density at radius 1 is 1.30 bits per heavy atom. The molecule has 0 aliphatic carbocycles. The second-order valence-electron chi connectivity index (χ2n) is 5.54. The molecule has 128 valence electrons. The number of carbonyl (C=O) groups is 1. The Labute approximate surface area is 141 Å². The molecule has 1 aromatic rings. The van der Waals surface area contributed by atoms with E-state index in [0.717, 1.165) is 17.3 Å². The molecule has 0 amide bonds. The Balaban J connectivity index is 3.03. The van der Waals surface area contributed by atoms with Crippen LogP contribution in [0.1, 0.15) is 25.8 Å². The summed E-state index contributed by atoms with van der Waals surface area (Å²) in [5.74, 6) is -0.934. The van der Waals surface area contributed by atoms with E-state index in [2.05, 4.69) is 9.71 Å². The van der Waals surface area contributed by atoms with Gasteiger partial charge in [0.2, 0.25) is 0 Å². The van der Waals surface area contributed by atoms with E-state index >= 15 is 0 Å². The number of aryl methyl sites for hydroxylation is 1. The maximum atomic E-state index is 12.3. The van der Waals surface area contributed by atoms with Gasteiger partial charge in [-0.3, -0.25) is 4.72 Å². The molecule has 0 spiro atoms. The van der Waals surface area contributed by atoms with Gasteiger partial charge in [0.05, 0.1) is 4.90 Å². The van der Waals surface area contributed by atoms with Crippen molar-refractivity contribution < 1.29 is 18.3 Å². The van der Waals surface area contributed by atoms with Crippen molar-refractivity contribution in [1.82, 2.24) is 4.72 Å². The lowest BCUT2D eigenvalue weighted by Gasteiger charge is -2.14. The van der Waals surface area contributed by atoms with Crippen LogP contribution >= 0.6 is 11.8 Å². The van der Waals surface area contributed by atoms with Crippen LogP contribution in [0.5, 0.6) is 0 Å². The quantitative estimate of drug-likeness (QED) is 0.602. The summed E-state index contributed by atoms with van der Waals surface area (Å²) in [5, 5.41) is 9.29. The van der Waals surface area contributed by atoms with Crippen molar-refractivity contribution in [3.8, 4) is 0 Å². The first-order valence-electron chi connectivity index (χ1n) is 7.09. The molecule has 0 bridgehead atoms. The van der Waals surface area contributed by atoms with Crippen molar-refractivity contribution in [2.45, 2.75) is 38.1 Å². The van der Waals surface area contributed by atoms with E-state index in [9.17, 15) is 18.3 Å². The van der Waals surface area contributed by atoms with Crippen LogP contribution in [-0.2, 0) is 14.8 Å². The number of hydrogen-bond acceptors (Lipinski definition) is 5. The van der Waals surface area contributed by atoms with Crippen LogP contribution in [0.2, 0.25) is 0 Å². The van der Waals surface area contributed by atoms with E-state index < -0.39 is 22.0 Å². The number of rotatable bonds is 6. The minimum atomic E-state index is -3.78. The SMILES string of the molecule is CSC(=N[C@@H](CC(C)C)C(=O)O)NS(=O)(=O)c1ccc(C)cc1.